The molecule has 0 unspecified atom stereocenters. The van der Waals surface area contributed by atoms with Crippen molar-refractivity contribution in [2.45, 2.75) is 13.3 Å². The van der Waals surface area contributed by atoms with E-state index >= 15 is 0 Å². The van der Waals surface area contributed by atoms with Gasteiger partial charge < -0.3 is 10.6 Å². The van der Waals surface area contributed by atoms with Gasteiger partial charge in [0.25, 0.3) is 0 Å². The van der Waals surface area contributed by atoms with Crippen LogP contribution in [-0.2, 0) is 0 Å². The summed E-state index contributed by atoms with van der Waals surface area (Å²) in [5.74, 6) is 0. The Morgan fingerprint density at radius 3 is 2.62 bits per heavy atom. The minimum Gasteiger partial charge on any atom is -0.338 e. The van der Waals surface area contributed by atoms with Crippen molar-refractivity contribution in [2.24, 2.45) is 0 Å². The average Bonchev–Trinajstić information content (AvgIpc) is 2.16. The molecule has 0 aliphatic carbocycles. The zero-order valence-electron chi connectivity index (χ0n) is 7.71. The van der Waals surface area contributed by atoms with E-state index in [2.05, 4.69) is 10.6 Å². The molecule has 1 aromatic carbocycles. The van der Waals surface area contributed by atoms with Crippen LogP contribution >= 0.6 is 0 Å². The molecule has 2 N–H and O–H groups in total. The molecule has 0 spiro atoms. The maximum absolute atomic E-state index is 11.1. The number of hydrogen-bond donors (Lipinski definition) is 2. The molecule has 0 fully saturated rings. The molecule has 0 radical (unpaired) electrons. The minimum absolute atomic E-state index is 0.145. The van der Waals surface area contributed by atoms with Gasteiger partial charge in [0.05, 0.1) is 0 Å². The number of carbonyl (C=O) groups excluding carboxylic acids is 1. The van der Waals surface area contributed by atoms with Gasteiger partial charge in [0.1, 0.15) is 0 Å². The number of para-hydroxylation sites is 1. The fourth-order valence-electron chi connectivity index (χ4n) is 0.935. The Kier molecular flexibility index (Phi) is 3.82. The van der Waals surface area contributed by atoms with E-state index in [1.807, 2.05) is 37.3 Å². The second-order valence-electron chi connectivity index (χ2n) is 2.75. The predicted molar refractivity (Wildman–Crippen MR) is 53.8 cm³/mol. The second kappa shape index (κ2) is 5.19. The van der Waals surface area contributed by atoms with Crippen LogP contribution in [0.5, 0.6) is 0 Å². The van der Waals surface area contributed by atoms with Crippen LogP contribution in [0.3, 0.4) is 0 Å². The normalized spacial score (nSPS) is 9.31. The van der Waals surface area contributed by atoms with Crippen LogP contribution in [0.15, 0.2) is 30.3 Å². The number of hydrogen-bond acceptors (Lipinski definition) is 1. The van der Waals surface area contributed by atoms with Crippen molar-refractivity contribution < 1.29 is 4.79 Å². The number of amides is 2. The quantitative estimate of drug-likeness (QED) is 0.732. The zero-order chi connectivity index (χ0) is 9.52. The number of urea groups is 1. The Bertz CT molecular complexity index is 259. The Hall–Kier alpha value is -1.51. The van der Waals surface area contributed by atoms with Gasteiger partial charge in [-0.2, -0.15) is 0 Å². The molecule has 1 aromatic rings. The third-order valence-electron chi connectivity index (χ3n) is 1.57. The van der Waals surface area contributed by atoms with E-state index in [4.69, 9.17) is 0 Å². The van der Waals surface area contributed by atoms with Crippen molar-refractivity contribution in [1.29, 1.82) is 0 Å². The van der Waals surface area contributed by atoms with Crippen molar-refractivity contribution in [3.63, 3.8) is 0 Å². The lowest BCUT2D eigenvalue weighted by Gasteiger charge is -2.05. The monoisotopic (exact) mass is 178 g/mol. The van der Waals surface area contributed by atoms with E-state index < -0.39 is 0 Å². The van der Waals surface area contributed by atoms with Gasteiger partial charge in [-0.15, -0.1) is 0 Å². The lowest BCUT2D eigenvalue weighted by atomic mass is 10.3. The second-order valence-corrected chi connectivity index (χ2v) is 2.75. The first kappa shape index (κ1) is 9.58. The molecule has 13 heavy (non-hydrogen) atoms. The number of carbonyl (C=O) groups is 1. The molecule has 70 valence electrons. The summed E-state index contributed by atoms with van der Waals surface area (Å²) < 4.78 is 0. The number of benzene rings is 1. The predicted octanol–water partition coefficient (Wildman–Crippen LogP) is 2.22. The summed E-state index contributed by atoms with van der Waals surface area (Å²) in [7, 11) is 0. The number of rotatable bonds is 3. The van der Waals surface area contributed by atoms with Crippen LogP contribution in [0.4, 0.5) is 10.5 Å². The summed E-state index contributed by atoms with van der Waals surface area (Å²) in [6.45, 7) is 2.72. The molecule has 3 heteroatoms. The molecule has 0 atom stereocenters. The van der Waals surface area contributed by atoms with E-state index in [1.54, 1.807) is 0 Å². The van der Waals surface area contributed by atoms with E-state index in [0.29, 0.717) is 6.54 Å². The fraction of sp³-hybridized carbons (Fsp3) is 0.300. The van der Waals surface area contributed by atoms with Crippen LogP contribution in [0.1, 0.15) is 13.3 Å². The first-order valence-corrected chi connectivity index (χ1v) is 4.43. The zero-order valence-corrected chi connectivity index (χ0v) is 7.71. The van der Waals surface area contributed by atoms with E-state index in [9.17, 15) is 4.79 Å². The van der Waals surface area contributed by atoms with Crippen molar-refractivity contribution in [1.82, 2.24) is 5.32 Å². The number of nitrogens with one attached hydrogen (secondary N) is 2. The van der Waals surface area contributed by atoms with Gasteiger partial charge in [0.15, 0.2) is 0 Å². The highest BCUT2D eigenvalue weighted by Crippen LogP contribution is 2.03. The van der Waals surface area contributed by atoms with E-state index in [1.165, 1.54) is 0 Å². The summed E-state index contributed by atoms with van der Waals surface area (Å²) in [5, 5.41) is 5.46. The third kappa shape index (κ3) is 3.60. The molecular formula is C10H14N2O. The molecule has 0 aromatic heterocycles. The first-order valence-electron chi connectivity index (χ1n) is 4.43. The lowest BCUT2D eigenvalue weighted by molar-refractivity contribution is 0.252. The van der Waals surface area contributed by atoms with Crippen molar-refractivity contribution in [2.75, 3.05) is 11.9 Å². The minimum atomic E-state index is -0.145. The third-order valence-corrected chi connectivity index (χ3v) is 1.57. The molecule has 3 nitrogen and oxygen atoms in total. The van der Waals surface area contributed by atoms with Gasteiger partial charge in [0.2, 0.25) is 0 Å². The average molecular weight is 178 g/mol. The largest absolute Gasteiger partial charge is 0.338 e. The maximum atomic E-state index is 11.1. The fourth-order valence-corrected chi connectivity index (χ4v) is 0.935. The molecule has 0 aliphatic rings. The van der Waals surface area contributed by atoms with Crippen molar-refractivity contribution in [3.05, 3.63) is 30.3 Å². The van der Waals surface area contributed by atoms with Crippen LogP contribution < -0.4 is 10.6 Å². The van der Waals surface area contributed by atoms with Gasteiger partial charge in [-0.25, -0.2) is 4.79 Å². The Morgan fingerprint density at radius 2 is 2.00 bits per heavy atom. The van der Waals surface area contributed by atoms with Gasteiger partial charge in [-0.1, -0.05) is 25.1 Å². The van der Waals surface area contributed by atoms with Crippen molar-refractivity contribution >= 4 is 11.7 Å². The molecule has 0 aliphatic heterocycles. The van der Waals surface area contributed by atoms with Crippen LogP contribution in [-0.4, -0.2) is 12.6 Å². The molecule has 0 heterocycles. The van der Waals surface area contributed by atoms with Gasteiger partial charge in [-0.05, 0) is 18.6 Å². The van der Waals surface area contributed by atoms with Crippen LogP contribution in [0, 0.1) is 0 Å². The molecule has 0 saturated heterocycles. The highest BCUT2D eigenvalue weighted by atomic mass is 16.2. The van der Waals surface area contributed by atoms with Crippen LogP contribution in [0.25, 0.3) is 0 Å². The number of anilines is 1. The first-order chi connectivity index (χ1) is 6.33. The van der Waals surface area contributed by atoms with Crippen LogP contribution in [0.2, 0.25) is 0 Å². The smallest absolute Gasteiger partial charge is 0.319 e. The summed E-state index contributed by atoms with van der Waals surface area (Å²) in [6, 6.07) is 9.24. The summed E-state index contributed by atoms with van der Waals surface area (Å²) in [4.78, 5) is 11.1. The lowest BCUT2D eigenvalue weighted by Crippen LogP contribution is -2.29. The summed E-state index contributed by atoms with van der Waals surface area (Å²) in [6.07, 6.45) is 0.947. The Labute approximate surface area is 78.2 Å². The van der Waals surface area contributed by atoms with E-state index in [-0.39, 0.29) is 6.03 Å². The SMILES string of the molecule is CCCNC(=O)Nc1ccccc1. The van der Waals surface area contributed by atoms with Gasteiger partial charge in [-0.3, -0.25) is 0 Å². The maximum Gasteiger partial charge on any atom is 0.319 e. The Morgan fingerprint density at radius 1 is 1.31 bits per heavy atom. The summed E-state index contributed by atoms with van der Waals surface area (Å²) in [5.41, 5.74) is 0.816. The highest BCUT2D eigenvalue weighted by molar-refractivity contribution is 5.89. The molecule has 2 amide bonds. The van der Waals surface area contributed by atoms with Gasteiger partial charge >= 0.3 is 6.03 Å². The molecule has 0 bridgehead atoms. The standard InChI is InChI=1S/C10H14N2O/c1-2-8-11-10(13)12-9-6-4-3-5-7-9/h3-7H,2,8H2,1H3,(H2,11,12,13). The van der Waals surface area contributed by atoms with Gasteiger partial charge in [0, 0.05) is 12.2 Å². The topological polar surface area (TPSA) is 41.1 Å². The summed E-state index contributed by atoms with van der Waals surface area (Å²) >= 11 is 0. The molecule has 0 saturated carbocycles. The Balaban J connectivity index is 2.37. The highest BCUT2D eigenvalue weighted by Gasteiger charge is 1.97. The van der Waals surface area contributed by atoms with E-state index in [0.717, 1.165) is 12.1 Å². The molecular weight excluding hydrogens is 164 g/mol. The van der Waals surface area contributed by atoms with Crippen molar-refractivity contribution in [3.8, 4) is 0 Å². The molecule has 1 rings (SSSR count).